The highest BCUT2D eigenvalue weighted by Crippen LogP contribution is 1.99. The average molecular weight is 135 g/mol. The molecule has 0 radical (unpaired) electrons. The van der Waals surface area contributed by atoms with Crippen LogP contribution in [0.15, 0.2) is 0 Å². The average Bonchev–Trinajstić information content (AvgIpc) is 1.89. The molecule has 1 unspecified atom stereocenters. The Morgan fingerprint density at radius 1 is 1.67 bits per heavy atom. The molecule has 9 heavy (non-hydrogen) atoms. The minimum Gasteiger partial charge on any atom is -0.393 e. The van der Waals surface area contributed by atoms with Crippen LogP contribution in [-0.4, -0.2) is 42.7 Å². The maximum Gasteiger partial charge on any atom is 0.123 e. The summed E-state index contributed by atoms with van der Waals surface area (Å²) in [5.74, 6) is 0. The molecular formula is C5H13NO3. The molecule has 0 rings (SSSR count). The van der Waals surface area contributed by atoms with Gasteiger partial charge in [0.05, 0.1) is 13.2 Å². The van der Waals surface area contributed by atoms with E-state index < -0.39 is 5.60 Å². The highest BCUT2D eigenvalue weighted by Gasteiger charge is 2.23. The van der Waals surface area contributed by atoms with E-state index >= 15 is 0 Å². The molecule has 0 bridgehead atoms. The smallest absolute Gasteiger partial charge is 0.123 e. The van der Waals surface area contributed by atoms with Gasteiger partial charge >= 0.3 is 0 Å². The Balaban J connectivity index is 3.62. The molecule has 0 aliphatic rings. The Kier molecular flexibility index (Phi) is 3.72. The van der Waals surface area contributed by atoms with Gasteiger partial charge < -0.3 is 20.7 Å². The number of nitrogens with two attached hydrogens (primary N) is 1. The highest BCUT2D eigenvalue weighted by molar-refractivity contribution is 4.77. The molecule has 0 aliphatic heterocycles. The van der Waals surface area contributed by atoms with Crippen molar-refractivity contribution in [1.29, 1.82) is 0 Å². The molecule has 0 spiro atoms. The standard InChI is InChI=1S/C5H13NO3/c1-9-4-5(8,2-6)3-7/h7-8H,2-4,6H2,1H3. The first-order valence-corrected chi connectivity index (χ1v) is 2.71. The third-order valence-corrected chi connectivity index (χ3v) is 1.09. The van der Waals surface area contributed by atoms with Gasteiger partial charge in [0.1, 0.15) is 5.60 Å². The lowest BCUT2D eigenvalue weighted by Crippen LogP contribution is -2.45. The van der Waals surface area contributed by atoms with Crippen LogP contribution in [0.3, 0.4) is 0 Å². The zero-order valence-electron chi connectivity index (χ0n) is 5.50. The van der Waals surface area contributed by atoms with Gasteiger partial charge in [-0.05, 0) is 0 Å². The van der Waals surface area contributed by atoms with E-state index in [0.29, 0.717) is 0 Å². The van der Waals surface area contributed by atoms with Crippen molar-refractivity contribution >= 4 is 0 Å². The number of aliphatic hydroxyl groups excluding tert-OH is 1. The first-order valence-electron chi connectivity index (χ1n) is 2.71. The van der Waals surface area contributed by atoms with Crippen LogP contribution in [0.5, 0.6) is 0 Å². The number of methoxy groups -OCH3 is 1. The van der Waals surface area contributed by atoms with E-state index in [0.717, 1.165) is 0 Å². The van der Waals surface area contributed by atoms with Crippen molar-refractivity contribution < 1.29 is 14.9 Å². The van der Waals surface area contributed by atoms with Crippen molar-refractivity contribution in [1.82, 2.24) is 0 Å². The molecule has 0 amide bonds. The van der Waals surface area contributed by atoms with Crippen molar-refractivity contribution in [2.45, 2.75) is 5.60 Å². The number of ether oxygens (including phenoxy) is 1. The Morgan fingerprint density at radius 3 is 2.33 bits per heavy atom. The largest absolute Gasteiger partial charge is 0.393 e. The first kappa shape index (κ1) is 8.84. The van der Waals surface area contributed by atoms with E-state index in [1.807, 2.05) is 0 Å². The lowest BCUT2D eigenvalue weighted by Gasteiger charge is -2.21. The molecule has 0 aromatic carbocycles. The molecule has 0 fully saturated rings. The van der Waals surface area contributed by atoms with Crippen LogP contribution in [0.4, 0.5) is 0 Å². The molecule has 0 aromatic rings. The second-order valence-corrected chi connectivity index (χ2v) is 2.02. The van der Waals surface area contributed by atoms with Crippen molar-refractivity contribution in [3.05, 3.63) is 0 Å². The van der Waals surface area contributed by atoms with Crippen LogP contribution < -0.4 is 5.73 Å². The zero-order valence-corrected chi connectivity index (χ0v) is 5.50. The number of aliphatic hydroxyl groups is 2. The van der Waals surface area contributed by atoms with Gasteiger partial charge in [-0.25, -0.2) is 0 Å². The summed E-state index contributed by atoms with van der Waals surface area (Å²) < 4.78 is 4.60. The summed E-state index contributed by atoms with van der Waals surface area (Å²) in [5, 5.41) is 17.6. The van der Waals surface area contributed by atoms with Crippen molar-refractivity contribution in [3.8, 4) is 0 Å². The van der Waals surface area contributed by atoms with Crippen LogP contribution in [0.1, 0.15) is 0 Å². The van der Waals surface area contributed by atoms with Gasteiger partial charge in [-0.15, -0.1) is 0 Å². The molecule has 0 saturated carbocycles. The summed E-state index contributed by atoms with van der Waals surface area (Å²) in [4.78, 5) is 0. The second-order valence-electron chi connectivity index (χ2n) is 2.02. The Hall–Kier alpha value is -0.160. The topological polar surface area (TPSA) is 75.7 Å². The summed E-state index contributed by atoms with van der Waals surface area (Å²) in [7, 11) is 1.44. The van der Waals surface area contributed by atoms with E-state index in [2.05, 4.69) is 4.74 Å². The Bertz CT molecular complexity index is 72.6. The third-order valence-electron chi connectivity index (χ3n) is 1.09. The minimum atomic E-state index is -1.26. The van der Waals surface area contributed by atoms with Crippen LogP contribution in [0.2, 0.25) is 0 Å². The van der Waals surface area contributed by atoms with Crippen LogP contribution in [0, 0.1) is 0 Å². The molecule has 0 aromatic heterocycles. The summed E-state index contributed by atoms with van der Waals surface area (Å²) >= 11 is 0. The molecule has 4 N–H and O–H groups in total. The van der Waals surface area contributed by atoms with E-state index in [4.69, 9.17) is 15.9 Å². The molecule has 4 nitrogen and oxygen atoms in total. The predicted molar refractivity (Wildman–Crippen MR) is 33.0 cm³/mol. The van der Waals surface area contributed by atoms with Crippen LogP contribution >= 0.6 is 0 Å². The first-order chi connectivity index (χ1) is 4.18. The molecule has 0 heterocycles. The molecule has 1 atom stereocenters. The van der Waals surface area contributed by atoms with Gasteiger partial charge in [-0.1, -0.05) is 0 Å². The van der Waals surface area contributed by atoms with Gasteiger partial charge in [0.15, 0.2) is 0 Å². The Morgan fingerprint density at radius 2 is 2.22 bits per heavy atom. The summed E-state index contributed by atoms with van der Waals surface area (Å²) in [6, 6.07) is 0. The van der Waals surface area contributed by atoms with Crippen molar-refractivity contribution in [2.75, 3.05) is 26.9 Å². The minimum absolute atomic E-state index is 0.0112. The third kappa shape index (κ3) is 2.76. The summed E-state index contributed by atoms with van der Waals surface area (Å²) in [6.45, 7) is -0.283. The van der Waals surface area contributed by atoms with E-state index in [1.165, 1.54) is 7.11 Å². The summed E-state index contributed by atoms with van der Waals surface area (Å²) in [6.07, 6.45) is 0. The van der Waals surface area contributed by atoms with E-state index in [-0.39, 0.29) is 19.8 Å². The van der Waals surface area contributed by atoms with Crippen LogP contribution in [0.25, 0.3) is 0 Å². The number of rotatable bonds is 4. The van der Waals surface area contributed by atoms with Crippen LogP contribution in [-0.2, 0) is 4.74 Å². The molecule has 0 aliphatic carbocycles. The monoisotopic (exact) mass is 135 g/mol. The van der Waals surface area contributed by atoms with E-state index in [1.54, 1.807) is 0 Å². The predicted octanol–water partition coefficient (Wildman–Crippen LogP) is -1.69. The molecule has 0 saturated heterocycles. The maximum atomic E-state index is 9.13. The SMILES string of the molecule is COCC(O)(CN)CO. The fourth-order valence-corrected chi connectivity index (χ4v) is 0.438. The number of hydrogen-bond acceptors (Lipinski definition) is 4. The van der Waals surface area contributed by atoms with Gasteiger partial charge in [0, 0.05) is 13.7 Å². The highest BCUT2D eigenvalue weighted by atomic mass is 16.5. The van der Waals surface area contributed by atoms with E-state index in [9.17, 15) is 0 Å². The number of hydrogen-bond donors (Lipinski definition) is 3. The van der Waals surface area contributed by atoms with Gasteiger partial charge in [0.2, 0.25) is 0 Å². The quantitative estimate of drug-likeness (QED) is 0.430. The lowest BCUT2D eigenvalue weighted by atomic mass is 10.1. The molecule has 56 valence electrons. The maximum absolute atomic E-state index is 9.13. The fraction of sp³-hybridized carbons (Fsp3) is 1.00. The van der Waals surface area contributed by atoms with Gasteiger partial charge in [-0.3, -0.25) is 0 Å². The zero-order chi connectivity index (χ0) is 7.33. The molecular weight excluding hydrogens is 122 g/mol. The Labute approximate surface area is 54.2 Å². The second kappa shape index (κ2) is 3.79. The van der Waals surface area contributed by atoms with Gasteiger partial charge in [0.25, 0.3) is 0 Å². The van der Waals surface area contributed by atoms with Gasteiger partial charge in [-0.2, -0.15) is 0 Å². The van der Waals surface area contributed by atoms with Crippen molar-refractivity contribution in [2.24, 2.45) is 5.73 Å². The lowest BCUT2D eigenvalue weighted by molar-refractivity contribution is -0.0595. The summed E-state index contributed by atoms with van der Waals surface area (Å²) in [5.41, 5.74) is 3.86. The molecule has 4 heteroatoms. The van der Waals surface area contributed by atoms with Crippen molar-refractivity contribution in [3.63, 3.8) is 0 Å². The normalized spacial score (nSPS) is 17.3. The fourth-order valence-electron chi connectivity index (χ4n) is 0.438.